The molecule has 0 aliphatic rings. The minimum atomic E-state index is -0.613. The van der Waals surface area contributed by atoms with E-state index in [-0.39, 0.29) is 6.54 Å². The summed E-state index contributed by atoms with van der Waals surface area (Å²) in [6.45, 7) is 2.45. The third-order valence-electron chi connectivity index (χ3n) is 2.27. The number of rotatable bonds is 6. The Labute approximate surface area is 98.4 Å². The smallest absolute Gasteiger partial charge is 0.239 e. The highest BCUT2D eigenvalue weighted by molar-refractivity contribution is 5.81. The summed E-state index contributed by atoms with van der Waals surface area (Å²) in [4.78, 5) is 14.0. The van der Waals surface area contributed by atoms with Gasteiger partial charge in [-0.2, -0.15) is 5.10 Å². The van der Waals surface area contributed by atoms with Crippen molar-refractivity contribution < 1.29 is 4.79 Å². The average Bonchev–Trinajstić information content (AvgIpc) is 2.57. The molecule has 1 amide bonds. The molecule has 1 atom stereocenters. The van der Waals surface area contributed by atoms with Gasteiger partial charge in [0.15, 0.2) is 0 Å². The Morgan fingerprint density at radius 2 is 2.53 bits per heavy atom. The maximum atomic E-state index is 11.3. The Kier molecular flexibility index (Phi) is 4.50. The zero-order chi connectivity index (χ0) is 12.8. The fourth-order valence-corrected chi connectivity index (χ4v) is 1.57. The molecular weight excluding hydrogens is 222 g/mol. The fourth-order valence-electron chi connectivity index (χ4n) is 1.57. The van der Waals surface area contributed by atoms with Gasteiger partial charge in [0, 0.05) is 36.8 Å². The van der Waals surface area contributed by atoms with Gasteiger partial charge in [-0.05, 0) is 12.5 Å². The molecule has 0 aromatic carbocycles. The molecule has 0 aliphatic carbocycles. The van der Waals surface area contributed by atoms with Crippen LogP contribution in [-0.2, 0) is 11.8 Å². The maximum Gasteiger partial charge on any atom is 0.239 e. The predicted molar refractivity (Wildman–Crippen MR) is 61.9 cm³/mol. The van der Waals surface area contributed by atoms with E-state index in [0.29, 0.717) is 6.54 Å². The molecule has 17 heavy (non-hydrogen) atoms. The molecule has 3 N–H and O–H groups in total. The highest BCUT2D eigenvalue weighted by Gasteiger charge is 2.20. The van der Waals surface area contributed by atoms with Crippen LogP contribution in [0.15, 0.2) is 11.3 Å². The Morgan fingerprint density at radius 3 is 3.00 bits per heavy atom. The van der Waals surface area contributed by atoms with Crippen LogP contribution in [0.25, 0.3) is 10.4 Å². The summed E-state index contributed by atoms with van der Waals surface area (Å²) in [5.74, 6) is -0.484. The molecule has 1 heterocycles. The molecule has 0 saturated carbocycles. The van der Waals surface area contributed by atoms with Gasteiger partial charge in [-0.3, -0.25) is 9.48 Å². The standard InChI is InChI=1S/C9H15N7O/c1-6-7(5-16(2)14-6)8(9(10)17)12-3-4-13-15-11/h5,8,12H,3-4H2,1-2H3,(H2,10,17). The lowest BCUT2D eigenvalue weighted by Gasteiger charge is -2.13. The topological polar surface area (TPSA) is 122 Å². The third kappa shape index (κ3) is 3.47. The SMILES string of the molecule is Cc1nn(C)cc1C(NCCN=[N+]=[N-])C(N)=O. The van der Waals surface area contributed by atoms with Crippen LogP contribution in [0.1, 0.15) is 17.3 Å². The minimum Gasteiger partial charge on any atom is -0.368 e. The van der Waals surface area contributed by atoms with Crippen LogP contribution in [0.2, 0.25) is 0 Å². The van der Waals surface area contributed by atoms with E-state index < -0.39 is 11.9 Å². The number of aromatic nitrogens is 2. The summed E-state index contributed by atoms with van der Waals surface area (Å²) >= 11 is 0. The maximum absolute atomic E-state index is 11.3. The van der Waals surface area contributed by atoms with E-state index in [1.807, 2.05) is 0 Å². The Bertz CT molecular complexity index is 446. The summed E-state index contributed by atoms with van der Waals surface area (Å²) < 4.78 is 1.62. The molecular formula is C9H15N7O. The predicted octanol–water partition coefficient (Wildman–Crippen LogP) is 0.155. The van der Waals surface area contributed by atoms with Gasteiger partial charge >= 0.3 is 0 Å². The third-order valence-corrected chi connectivity index (χ3v) is 2.27. The molecule has 1 aromatic rings. The number of carbonyl (C=O) groups excluding carboxylic acids is 1. The van der Waals surface area contributed by atoms with E-state index in [4.69, 9.17) is 11.3 Å². The fraction of sp³-hybridized carbons (Fsp3) is 0.556. The van der Waals surface area contributed by atoms with Gasteiger partial charge in [0.2, 0.25) is 5.91 Å². The highest BCUT2D eigenvalue weighted by atomic mass is 16.1. The number of aryl methyl sites for hydroxylation is 2. The van der Waals surface area contributed by atoms with Crippen molar-refractivity contribution in [2.45, 2.75) is 13.0 Å². The van der Waals surface area contributed by atoms with E-state index >= 15 is 0 Å². The number of amides is 1. The summed E-state index contributed by atoms with van der Waals surface area (Å²) in [5.41, 5.74) is 14.9. The molecule has 1 rings (SSSR count). The summed E-state index contributed by atoms with van der Waals surface area (Å²) in [5, 5.41) is 10.4. The first-order valence-corrected chi connectivity index (χ1v) is 5.10. The van der Waals surface area contributed by atoms with E-state index in [2.05, 4.69) is 20.4 Å². The molecule has 8 nitrogen and oxygen atoms in total. The molecule has 0 spiro atoms. The van der Waals surface area contributed by atoms with Gasteiger partial charge in [0.25, 0.3) is 0 Å². The number of hydrogen-bond donors (Lipinski definition) is 2. The van der Waals surface area contributed by atoms with Crippen molar-refractivity contribution >= 4 is 5.91 Å². The van der Waals surface area contributed by atoms with E-state index in [9.17, 15) is 4.79 Å². The van der Waals surface area contributed by atoms with Crippen LogP contribution >= 0.6 is 0 Å². The van der Waals surface area contributed by atoms with Crippen molar-refractivity contribution in [3.63, 3.8) is 0 Å². The summed E-state index contributed by atoms with van der Waals surface area (Å²) in [6.07, 6.45) is 1.74. The van der Waals surface area contributed by atoms with Gasteiger partial charge in [-0.25, -0.2) is 0 Å². The molecule has 0 saturated heterocycles. The number of carbonyl (C=O) groups is 1. The summed E-state index contributed by atoms with van der Waals surface area (Å²) in [7, 11) is 1.77. The minimum absolute atomic E-state index is 0.263. The van der Waals surface area contributed by atoms with Crippen LogP contribution in [0.5, 0.6) is 0 Å². The number of nitrogens with one attached hydrogen (secondary N) is 1. The number of nitrogens with zero attached hydrogens (tertiary/aromatic N) is 5. The molecule has 1 unspecified atom stereocenters. The van der Waals surface area contributed by atoms with E-state index in [1.54, 1.807) is 24.9 Å². The number of primary amides is 1. The van der Waals surface area contributed by atoms with Crippen molar-refractivity contribution in [1.82, 2.24) is 15.1 Å². The Morgan fingerprint density at radius 1 is 1.82 bits per heavy atom. The van der Waals surface area contributed by atoms with Gasteiger partial charge in [-0.1, -0.05) is 5.11 Å². The first-order valence-electron chi connectivity index (χ1n) is 5.10. The number of hydrogen-bond acceptors (Lipinski definition) is 4. The second-order valence-corrected chi connectivity index (χ2v) is 3.59. The van der Waals surface area contributed by atoms with Crippen LogP contribution in [0, 0.1) is 6.92 Å². The average molecular weight is 237 g/mol. The van der Waals surface area contributed by atoms with Crippen molar-refractivity contribution in [1.29, 1.82) is 0 Å². The van der Waals surface area contributed by atoms with Crippen LogP contribution in [-0.4, -0.2) is 28.8 Å². The number of azide groups is 1. The molecule has 8 heteroatoms. The Balaban J connectivity index is 2.75. The van der Waals surface area contributed by atoms with Crippen molar-refractivity contribution in [2.24, 2.45) is 17.9 Å². The molecule has 0 fully saturated rings. The number of nitrogens with two attached hydrogens (primary N) is 1. The lowest BCUT2D eigenvalue weighted by molar-refractivity contribution is -0.120. The van der Waals surface area contributed by atoms with E-state index in [1.165, 1.54) is 0 Å². The second-order valence-electron chi connectivity index (χ2n) is 3.59. The van der Waals surface area contributed by atoms with Crippen molar-refractivity contribution in [3.05, 3.63) is 27.9 Å². The molecule has 92 valence electrons. The summed E-state index contributed by atoms with van der Waals surface area (Å²) in [6, 6.07) is -0.613. The van der Waals surface area contributed by atoms with Crippen LogP contribution < -0.4 is 11.1 Å². The largest absolute Gasteiger partial charge is 0.368 e. The molecule has 0 bridgehead atoms. The van der Waals surface area contributed by atoms with Gasteiger partial charge in [0.1, 0.15) is 6.04 Å². The first-order chi connectivity index (χ1) is 8.06. The highest BCUT2D eigenvalue weighted by Crippen LogP contribution is 2.15. The van der Waals surface area contributed by atoms with Crippen LogP contribution in [0.3, 0.4) is 0 Å². The molecule has 0 radical (unpaired) electrons. The van der Waals surface area contributed by atoms with E-state index in [0.717, 1.165) is 11.3 Å². The Hall–Kier alpha value is -2.05. The molecule has 0 aliphatic heterocycles. The van der Waals surface area contributed by atoms with Crippen LogP contribution in [0.4, 0.5) is 0 Å². The quantitative estimate of drug-likeness (QED) is 0.317. The van der Waals surface area contributed by atoms with Gasteiger partial charge in [0.05, 0.1) is 5.69 Å². The lowest BCUT2D eigenvalue weighted by Crippen LogP contribution is -2.35. The monoisotopic (exact) mass is 237 g/mol. The lowest BCUT2D eigenvalue weighted by atomic mass is 10.1. The molecule has 1 aromatic heterocycles. The zero-order valence-corrected chi connectivity index (χ0v) is 9.79. The zero-order valence-electron chi connectivity index (χ0n) is 9.79. The van der Waals surface area contributed by atoms with Gasteiger partial charge < -0.3 is 11.1 Å². The second kappa shape index (κ2) is 5.88. The first kappa shape index (κ1) is 13.0. The van der Waals surface area contributed by atoms with Gasteiger partial charge in [-0.15, -0.1) is 0 Å². The normalized spacial score (nSPS) is 11.9. The van der Waals surface area contributed by atoms with Crippen molar-refractivity contribution in [3.8, 4) is 0 Å². The van der Waals surface area contributed by atoms with Crippen molar-refractivity contribution in [2.75, 3.05) is 13.1 Å².